The molecule has 29 heavy (non-hydrogen) atoms. The highest BCUT2D eigenvalue weighted by Crippen LogP contribution is 2.41. The molecule has 3 heterocycles. The van der Waals surface area contributed by atoms with E-state index in [4.69, 9.17) is 14.2 Å². The standard InChI is InChI=1S/C21H21N5O3/c1-27-17-10-14(11-18(28-2)21(17)29-3)16-13-24-20-8-7-19(25-26(16)20)23-12-15-6-4-5-9-22-15/h4-11,13H,12H2,1-3H3,(H,23,25). The Balaban J connectivity index is 1.71. The van der Waals surface area contributed by atoms with Gasteiger partial charge < -0.3 is 19.5 Å². The molecule has 0 aliphatic carbocycles. The second kappa shape index (κ2) is 8.05. The van der Waals surface area contributed by atoms with Gasteiger partial charge in [0, 0.05) is 11.8 Å². The van der Waals surface area contributed by atoms with E-state index in [0.717, 1.165) is 28.4 Å². The third-order valence-corrected chi connectivity index (χ3v) is 4.50. The Morgan fingerprint density at radius 2 is 1.72 bits per heavy atom. The van der Waals surface area contributed by atoms with Crippen molar-refractivity contribution in [1.29, 1.82) is 0 Å². The van der Waals surface area contributed by atoms with Gasteiger partial charge in [-0.2, -0.15) is 0 Å². The Morgan fingerprint density at radius 3 is 2.38 bits per heavy atom. The number of methoxy groups -OCH3 is 3. The molecule has 0 unspecified atom stereocenters. The normalized spacial score (nSPS) is 10.7. The van der Waals surface area contributed by atoms with Gasteiger partial charge in [-0.15, -0.1) is 5.10 Å². The molecule has 0 bridgehead atoms. The molecule has 3 aromatic heterocycles. The number of nitrogens with one attached hydrogen (secondary N) is 1. The van der Waals surface area contributed by atoms with Crippen molar-refractivity contribution >= 4 is 11.5 Å². The van der Waals surface area contributed by atoms with E-state index in [2.05, 4.69) is 20.4 Å². The van der Waals surface area contributed by atoms with Crippen LogP contribution in [0, 0.1) is 0 Å². The van der Waals surface area contributed by atoms with Gasteiger partial charge in [-0.1, -0.05) is 6.07 Å². The number of aromatic nitrogens is 4. The SMILES string of the molecule is COc1cc(-c2cnc3ccc(NCc4ccccn4)nn23)cc(OC)c1OC. The molecule has 1 aromatic carbocycles. The van der Waals surface area contributed by atoms with E-state index in [1.54, 1.807) is 38.2 Å². The molecule has 0 amide bonds. The molecular formula is C21H21N5O3. The Bertz CT molecular complexity index is 1100. The summed E-state index contributed by atoms with van der Waals surface area (Å²) in [6.45, 7) is 0.577. The van der Waals surface area contributed by atoms with Gasteiger partial charge in [0.15, 0.2) is 17.1 Å². The fraction of sp³-hybridized carbons (Fsp3) is 0.190. The number of ether oxygens (including phenoxy) is 3. The summed E-state index contributed by atoms with van der Waals surface area (Å²) >= 11 is 0. The predicted octanol–water partition coefficient (Wildman–Crippen LogP) is 3.43. The summed E-state index contributed by atoms with van der Waals surface area (Å²) in [5, 5.41) is 7.98. The third-order valence-electron chi connectivity index (χ3n) is 4.50. The predicted molar refractivity (Wildman–Crippen MR) is 110 cm³/mol. The van der Waals surface area contributed by atoms with Crippen LogP contribution in [0.15, 0.2) is 54.9 Å². The first-order valence-electron chi connectivity index (χ1n) is 9.02. The number of hydrogen-bond acceptors (Lipinski definition) is 7. The van der Waals surface area contributed by atoms with Gasteiger partial charge in [0.1, 0.15) is 5.82 Å². The van der Waals surface area contributed by atoms with E-state index in [9.17, 15) is 0 Å². The lowest BCUT2D eigenvalue weighted by molar-refractivity contribution is 0.324. The molecular weight excluding hydrogens is 370 g/mol. The van der Waals surface area contributed by atoms with E-state index in [1.807, 2.05) is 42.5 Å². The second-order valence-electron chi connectivity index (χ2n) is 6.22. The van der Waals surface area contributed by atoms with E-state index < -0.39 is 0 Å². The van der Waals surface area contributed by atoms with Crippen molar-refractivity contribution in [2.45, 2.75) is 6.54 Å². The monoisotopic (exact) mass is 391 g/mol. The van der Waals surface area contributed by atoms with Gasteiger partial charge in [-0.3, -0.25) is 4.98 Å². The topological polar surface area (TPSA) is 82.8 Å². The molecule has 148 valence electrons. The number of imidazole rings is 1. The van der Waals surface area contributed by atoms with Gasteiger partial charge in [0.2, 0.25) is 5.75 Å². The first-order chi connectivity index (χ1) is 14.2. The molecule has 4 rings (SSSR count). The van der Waals surface area contributed by atoms with E-state index in [-0.39, 0.29) is 0 Å². The highest BCUT2D eigenvalue weighted by molar-refractivity contribution is 5.70. The number of fused-ring (bicyclic) bond motifs is 1. The maximum Gasteiger partial charge on any atom is 0.203 e. The molecule has 0 saturated carbocycles. The van der Waals surface area contributed by atoms with Crippen LogP contribution in [0.2, 0.25) is 0 Å². The minimum Gasteiger partial charge on any atom is -0.493 e. The first kappa shape index (κ1) is 18.5. The Morgan fingerprint density at radius 1 is 0.931 bits per heavy atom. The zero-order valence-corrected chi connectivity index (χ0v) is 16.4. The summed E-state index contributed by atoms with van der Waals surface area (Å²) < 4.78 is 18.1. The van der Waals surface area contributed by atoms with Crippen molar-refractivity contribution in [1.82, 2.24) is 19.6 Å². The lowest BCUT2D eigenvalue weighted by atomic mass is 10.1. The number of benzene rings is 1. The maximum atomic E-state index is 5.47. The van der Waals surface area contributed by atoms with Gasteiger partial charge in [0.25, 0.3) is 0 Å². The van der Waals surface area contributed by atoms with Crippen LogP contribution in [-0.2, 0) is 6.54 Å². The summed E-state index contributed by atoms with van der Waals surface area (Å²) in [4.78, 5) is 8.77. The Labute approximate surface area is 168 Å². The fourth-order valence-corrected chi connectivity index (χ4v) is 3.08. The smallest absolute Gasteiger partial charge is 0.203 e. The van der Waals surface area contributed by atoms with Crippen molar-refractivity contribution in [2.24, 2.45) is 0 Å². The van der Waals surface area contributed by atoms with E-state index >= 15 is 0 Å². The summed E-state index contributed by atoms with van der Waals surface area (Å²) in [7, 11) is 4.76. The molecule has 0 atom stereocenters. The second-order valence-corrected chi connectivity index (χ2v) is 6.22. The van der Waals surface area contributed by atoms with Crippen LogP contribution >= 0.6 is 0 Å². The summed E-state index contributed by atoms with van der Waals surface area (Å²) in [6, 6.07) is 13.4. The molecule has 0 radical (unpaired) electrons. The van der Waals surface area contributed by atoms with Gasteiger partial charge in [0.05, 0.1) is 45.5 Å². The zero-order chi connectivity index (χ0) is 20.2. The maximum absolute atomic E-state index is 5.47. The third kappa shape index (κ3) is 3.64. The molecule has 0 aliphatic heterocycles. The van der Waals surface area contributed by atoms with E-state index in [1.165, 1.54) is 0 Å². The van der Waals surface area contributed by atoms with Crippen molar-refractivity contribution in [2.75, 3.05) is 26.6 Å². The van der Waals surface area contributed by atoms with Gasteiger partial charge >= 0.3 is 0 Å². The summed E-state index contributed by atoms with van der Waals surface area (Å²) in [5.74, 6) is 2.40. The molecule has 0 aliphatic rings. The highest BCUT2D eigenvalue weighted by Gasteiger charge is 2.17. The summed E-state index contributed by atoms with van der Waals surface area (Å²) in [6.07, 6.45) is 3.54. The van der Waals surface area contributed by atoms with Gasteiger partial charge in [-0.25, -0.2) is 9.50 Å². The van der Waals surface area contributed by atoms with Crippen molar-refractivity contribution < 1.29 is 14.2 Å². The lowest BCUT2D eigenvalue weighted by Gasteiger charge is -2.14. The number of nitrogens with zero attached hydrogens (tertiary/aromatic N) is 4. The Kier molecular flexibility index (Phi) is 5.15. The zero-order valence-electron chi connectivity index (χ0n) is 16.4. The number of anilines is 1. The van der Waals surface area contributed by atoms with Crippen LogP contribution in [0.3, 0.4) is 0 Å². The fourth-order valence-electron chi connectivity index (χ4n) is 3.08. The minimum atomic E-state index is 0.540. The molecule has 8 heteroatoms. The number of hydrogen-bond donors (Lipinski definition) is 1. The number of rotatable bonds is 7. The summed E-state index contributed by atoms with van der Waals surface area (Å²) in [5.41, 5.74) is 3.32. The van der Waals surface area contributed by atoms with Crippen LogP contribution in [0.25, 0.3) is 16.9 Å². The number of pyridine rings is 1. The highest BCUT2D eigenvalue weighted by atomic mass is 16.5. The average molecular weight is 391 g/mol. The van der Waals surface area contributed by atoms with Crippen LogP contribution in [-0.4, -0.2) is 40.9 Å². The molecule has 0 fully saturated rings. The Hall–Kier alpha value is -3.81. The van der Waals surface area contributed by atoms with Gasteiger partial charge in [-0.05, 0) is 36.4 Å². The van der Waals surface area contributed by atoms with Crippen molar-refractivity contribution in [3.63, 3.8) is 0 Å². The lowest BCUT2D eigenvalue weighted by Crippen LogP contribution is -2.05. The van der Waals surface area contributed by atoms with Crippen LogP contribution < -0.4 is 19.5 Å². The minimum absolute atomic E-state index is 0.540. The first-order valence-corrected chi connectivity index (χ1v) is 9.02. The quantitative estimate of drug-likeness (QED) is 0.517. The van der Waals surface area contributed by atoms with E-state index in [0.29, 0.717) is 23.8 Å². The molecule has 1 N–H and O–H groups in total. The molecule has 4 aromatic rings. The van der Waals surface area contributed by atoms with Crippen molar-refractivity contribution in [3.8, 4) is 28.5 Å². The van der Waals surface area contributed by atoms with Crippen LogP contribution in [0.1, 0.15) is 5.69 Å². The molecule has 0 spiro atoms. The largest absolute Gasteiger partial charge is 0.493 e. The molecule has 0 saturated heterocycles. The molecule has 8 nitrogen and oxygen atoms in total. The van der Waals surface area contributed by atoms with Crippen molar-refractivity contribution in [3.05, 3.63) is 60.6 Å². The van der Waals surface area contributed by atoms with Crippen LogP contribution in [0.5, 0.6) is 17.2 Å². The average Bonchev–Trinajstić information content (AvgIpc) is 3.20. The van der Waals surface area contributed by atoms with Crippen LogP contribution in [0.4, 0.5) is 5.82 Å².